The number of hydrogen-bond acceptors (Lipinski definition) is 4. The first-order chi connectivity index (χ1) is 8.60. The number of nitrogens with one attached hydrogen (secondary N) is 1. The summed E-state index contributed by atoms with van der Waals surface area (Å²) in [5.74, 6) is 0.732. The third-order valence-electron chi connectivity index (χ3n) is 3.15. The molecule has 1 unspecified atom stereocenters. The highest BCUT2D eigenvalue weighted by molar-refractivity contribution is 7.99. The summed E-state index contributed by atoms with van der Waals surface area (Å²) in [6.45, 7) is 4.10. The Balaban J connectivity index is 2.51. The average molecular weight is 265 g/mol. The summed E-state index contributed by atoms with van der Waals surface area (Å²) in [4.78, 5) is 13.5. The van der Waals surface area contributed by atoms with Crippen LogP contribution in [0, 0.1) is 0 Å². The summed E-state index contributed by atoms with van der Waals surface area (Å²) in [5, 5.41) is 3.41. The maximum Gasteiger partial charge on any atom is 0.330 e. The van der Waals surface area contributed by atoms with Crippen molar-refractivity contribution in [1.29, 1.82) is 0 Å². The van der Waals surface area contributed by atoms with E-state index in [-0.39, 0.29) is 12.0 Å². The van der Waals surface area contributed by atoms with Crippen molar-refractivity contribution < 1.29 is 9.53 Å². The van der Waals surface area contributed by atoms with Gasteiger partial charge in [0.05, 0.1) is 7.11 Å². The van der Waals surface area contributed by atoms with Crippen molar-refractivity contribution in [2.24, 2.45) is 0 Å². The lowest BCUT2D eigenvalue weighted by Crippen LogP contribution is -2.54. The molecule has 1 aromatic rings. The minimum absolute atomic E-state index is 0.191. The molecule has 0 saturated carbocycles. The number of carbonyl (C=O) groups excluding carboxylic acids is 1. The van der Waals surface area contributed by atoms with Crippen LogP contribution in [0.25, 0.3) is 0 Å². The number of methoxy groups -OCH3 is 1. The van der Waals surface area contributed by atoms with Gasteiger partial charge in [-0.25, -0.2) is 4.79 Å². The molecule has 1 aliphatic rings. The summed E-state index contributed by atoms with van der Waals surface area (Å²) in [6.07, 6.45) is 0.763. The third-order valence-corrected chi connectivity index (χ3v) is 4.23. The Morgan fingerprint density at radius 3 is 2.83 bits per heavy atom. The number of carbonyl (C=O) groups is 1. The van der Waals surface area contributed by atoms with Crippen LogP contribution in [0.4, 0.5) is 0 Å². The minimum atomic E-state index is -0.690. The molecule has 1 heterocycles. The standard InChI is InChI=1S/C14H19NO2S/c1-10(2)15-14(13(16)17-3)8-9-18-12-7-5-4-6-11(12)14/h4-7,10,15H,8-9H2,1-3H3. The quantitative estimate of drug-likeness (QED) is 0.852. The fourth-order valence-corrected chi connectivity index (χ4v) is 3.68. The number of benzene rings is 1. The Hall–Kier alpha value is -1.00. The molecular weight excluding hydrogens is 246 g/mol. The summed E-state index contributed by atoms with van der Waals surface area (Å²) in [5.41, 5.74) is 0.354. The SMILES string of the molecule is COC(=O)C1(NC(C)C)CCSc2ccccc21. The zero-order valence-electron chi connectivity index (χ0n) is 11.0. The fraction of sp³-hybridized carbons (Fsp3) is 0.500. The van der Waals surface area contributed by atoms with E-state index >= 15 is 0 Å². The van der Waals surface area contributed by atoms with Gasteiger partial charge in [0, 0.05) is 16.7 Å². The molecule has 1 aromatic carbocycles. The van der Waals surface area contributed by atoms with Crippen LogP contribution in [-0.2, 0) is 15.1 Å². The number of fused-ring (bicyclic) bond motifs is 1. The Morgan fingerprint density at radius 1 is 1.44 bits per heavy atom. The van der Waals surface area contributed by atoms with Crippen molar-refractivity contribution in [2.75, 3.05) is 12.9 Å². The molecule has 4 heteroatoms. The fourth-order valence-electron chi connectivity index (χ4n) is 2.48. The van der Waals surface area contributed by atoms with Gasteiger partial charge in [0.2, 0.25) is 0 Å². The van der Waals surface area contributed by atoms with Gasteiger partial charge in [-0.1, -0.05) is 18.2 Å². The summed E-state index contributed by atoms with van der Waals surface area (Å²) in [7, 11) is 1.45. The van der Waals surface area contributed by atoms with E-state index in [0.717, 1.165) is 17.7 Å². The Labute approximate surface area is 112 Å². The van der Waals surface area contributed by atoms with Gasteiger partial charge in [-0.05, 0) is 31.9 Å². The zero-order valence-corrected chi connectivity index (χ0v) is 11.8. The van der Waals surface area contributed by atoms with Crippen LogP contribution in [0.3, 0.4) is 0 Å². The molecule has 0 spiro atoms. The van der Waals surface area contributed by atoms with Crippen LogP contribution in [0.15, 0.2) is 29.2 Å². The van der Waals surface area contributed by atoms with Gasteiger partial charge in [0.25, 0.3) is 0 Å². The monoisotopic (exact) mass is 265 g/mol. The first kappa shape index (κ1) is 13.4. The van der Waals surface area contributed by atoms with E-state index < -0.39 is 5.54 Å². The number of thioether (sulfide) groups is 1. The number of esters is 1. The number of hydrogen-bond donors (Lipinski definition) is 1. The van der Waals surface area contributed by atoms with Crippen LogP contribution < -0.4 is 5.32 Å². The van der Waals surface area contributed by atoms with Gasteiger partial charge in [-0.3, -0.25) is 5.32 Å². The van der Waals surface area contributed by atoms with Crippen molar-refractivity contribution in [2.45, 2.75) is 36.7 Å². The number of ether oxygens (including phenoxy) is 1. The average Bonchev–Trinajstić information content (AvgIpc) is 2.37. The van der Waals surface area contributed by atoms with Crippen LogP contribution in [0.2, 0.25) is 0 Å². The predicted molar refractivity (Wildman–Crippen MR) is 73.7 cm³/mol. The predicted octanol–water partition coefficient (Wildman–Crippen LogP) is 2.55. The van der Waals surface area contributed by atoms with Crippen LogP contribution >= 0.6 is 11.8 Å². The molecular formula is C14H19NO2S. The van der Waals surface area contributed by atoms with E-state index in [4.69, 9.17) is 4.74 Å². The highest BCUT2D eigenvalue weighted by atomic mass is 32.2. The van der Waals surface area contributed by atoms with Crippen molar-refractivity contribution in [3.63, 3.8) is 0 Å². The molecule has 98 valence electrons. The summed E-state index contributed by atoms with van der Waals surface area (Å²) < 4.78 is 5.04. The summed E-state index contributed by atoms with van der Waals surface area (Å²) in [6, 6.07) is 8.30. The van der Waals surface area contributed by atoms with Crippen LogP contribution in [0.1, 0.15) is 25.8 Å². The molecule has 1 aliphatic heterocycles. The first-order valence-electron chi connectivity index (χ1n) is 6.18. The lowest BCUT2D eigenvalue weighted by atomic mass is 9.86. The molecule has 2 rings (SSSR count). The van der Waals surface area contributed by atoms with Gasteiger partial charge in [0.15, 0.2) is 0 Å². The van der Waals surface area contributed by atoms with Gasteiger partial charge in [-0.15, -0.1) is 11.8 Å². The molecule has 3 nitrogen and oxygen atoms in total. The van der Waals surface area contributed by atoms with Crippen molar-refractivity contribution >= 4 is 17.7 Å². The largest absolute Gasteiger partial charge is 0.467 e. The maximum absolute atomic E-state index is 12.3. The Bertz CT molecular complexity index is 447. The Morgan fingerprint density at radius 2 is 2.17 bits per heavy atom. The molecule has 0 aromatic heterocycles. The highest BCUT2D eigenvalue weighted by Crippen LogP contribution is 2.41. The molecule has 1 atom stereocenters. The Kier molecular flexibility index (Phi) is 3.97. The second-order valence-corrected chi connectivity index (χ2v) is 5.93. The van der Waals surface area contributed by atoms with Crippen LogP contribution in [-0.4, -0.2) is 24.9 Å². The van der Waals surface area contributed by atoms with Gasteiger partial charge >= 0.3 is 5.97 Å². The first-order valence-corrected chi connectivity index (χ1v) is 7.17. The van der Waals surface area contributed by atoms with Crippen molar-refractivity contribution in [1.82, 2.24) is 5.32 Å². The summed E-state index contributed by atoms with van der Waals surface area (Å²) >= 11 is 1.80. The lowest BCUT2D eigenvalue weighted by Gasteiger charge is -2.38. The topological polar surface area (TPSA) is 38.3 Å². The minimum Gasteiger partial charge on any atom is -0.467 e. The second-order valence-electron chi connectivity index (χ2n) is 4.79. The number of rotatable bonds is 3. The normalized spacial score (nSPS) is 22.7. The molecule has 0 saturated heterocycles. The van der Waals surface area contributed by atoms with Crippen molar-refractivity contribution in [3.8, 4) is 0 Å². The van der Waals surface area contributed by atoms with E-state index in [9.17, 15) is 4.79 Å². The van der Waals surface area contributed by atoms with E-state index in [1.54, 1.807) is 11.8 Å². The molecule has 18 heavy (non-hydrogen) atoms. The third kappa shape index (κ3) is 2.27. The van der Waals surface area contributed by atoms with E-state index in [1.807, 2.05) is 18.2 Å². The van der Waals surface area contributed by atoms with Crippen molar-refractivity contribution in [3.05, 3.63) is 29.8 Å². The molecule has 1 N–H and O–H groups in total. The second kappa shape index (κ2) is 5.33. The molecule has 0 amide bonds. The van der Waals surface area contributed by atoms with E-state index in [0.29, 0.717) is 0 Å². The van der Waals surface area contributed by atoms with Gasteiger partial charge in [0.1, 0.15) is 5.54 Å². The van der Waals surface area contributed by atoms with Gasteiger partial charge in [-0.2, -0.15) is 0 Å². The smallest absolute Gasteiger partial charge is 0.330 e. The lowest BCUT2D eigenvalue weighted by molar-refractivity contribution is -0.150. The molecule has 0 radical (unpaired) electrons. The maximum atomic E-state index is 12.3. The zero-order chi connectivity index (χ0) is 13.2. The van der Waals surface area contributed by atoms with Gasteiger partial charge < -0.3 is 4.74 Å². The molecule has 0 aliphatic carbocycles. The highest BCUT2D eigenvalue weighted by Gasteiger charge is 2.44. The van der Waals surface area contributed by atoms with E-state index in [2.05, 4.69) is 25.2 Å². The van der Waals surface area contributed by atoms with E-state index in [1.165, 1.54) is 12.0 Å². The molecule has 0 fully saturated rings. The molecule has 0 bridgehead atoms. The van der Waals surface area contributed by atoms with Crippen LogP contribution in [0.5, 0.6) is 0 Å².